The van der Waals surface area contributed by atoms with E-state index in [1.54, 1.807) is 23.9 Å². The Morgan fingerprint density at radius 2 is 1.90 bits per heavy atom. The van der Waals surface area contributed by atoms with Crippen molar-refractivity contribution in [3.05, 3.63) is 24.3 Å². The summed E-state index contributed by atoms with van der Waals surface area (Å²) in [7, 11) is -3.65. The molecule has 31 heavy (non-hydrogen) atoms. The lowest BCUT2D eigenvalue weighted by molar-refractivity contribution is -0.130. The summed E-state index contributed by atoms with van der Waals surface area (Å²) in [6, 6.07) is 4.84. The molecule has 0 saturated carbocycles. The Morgan fingerprint density at radius 1 is 1.19 bits per heavy atom. The molecule has 4 amide bonds. The highest BCUT2D eigenvalue weighted by molar-refractivity contribution is 7.98. The van der Waals surface area contributed by atoms with Crippen LogP contribution in [0.3, 0.4) is 0 Å². The molecule has 0 bridgehead atoms. The number of sulfonamides is 1. The molecule has 0 radical (unpaired) electrons. The predicted molar refractivity (Wildman–Crippen MR) is 119 cm³/mol. The summed E-state index contributed by atoms with van der Waals surface area (Å²) in [6.07, 6.45) is 6.11. The SMILES string of the molecule is CSCC[C@H]1NC(=O)N(CC(=O)Nc2cccc(S(=O)(=O)N3CCCCCC3)c2)C1=O. The molecule has 1 atom stereocenters. The molecule has 2 heterocycles. The molecule has 0 aliphatic carbocycles. The number of carbonyl (C=O) groups is 3. The number of nitrogens with zero attached hydrogens (tertiary/aromatic N) is 2. The van der Waals surface area contributed by atoms with E-state index in [0.717, 1.165) is 36.3 Å². The standard InChI is InChI=1S/C20H28N4O5S2/c1-30-12-9-17-19(26)24(20(27)22-17)14-18(25)21-15-7-6-8-16(13-15)31(28,29)23-10-4-2-3-5-11-23/h6-8,13,17H,2-5,9-12,14H2,1H3,(H,21,25)(H,22,27)/t17-/m1/s1. The maximum Gasteiger partial charge on any atom is 0.325 e. The van der Waals surface area contributed by atoms with E-state index in [4.69, 9.17) is 0 Å². The monoisotopic (exact) mass is 468 g/mol. The number of amides is 4. The Bertz CT molecular complexity index is 929. The molecule has 11 heteroatoms. The average Bonchev–Trinajstić information content (AvgIpc) is 2.94. The zero-order valence-corrected chi connectivity index (χ0v) is 19.1. The van der Waals surface area contributed by atoms with Gasteiger partial charge in [0.25, 0.3) is 5.91 Å². The van der Waals surface area contributed by atoms with E-state index in [1.807, 2.05) is 6.26 Å². The first-order valence-electron chi connectivity index (χ1n) is 10.3. The second kappa shape index (κ2) is 10.5. The highest BCUT2D eigenvalue weighted by atomic mass is 32.2. The van der Waals surface area contributed by atoms with Crippen LogP contribution in [0.1, 0.15) is 32.1 Å². The van der Waals surface area contributed by atoms with Gasteiger partial charge in [-0.2, -0.15) is 16.1 Å². The van der Waals surface area contributed by atoms with Crippen molar-refractivity contribution in [2.45, 2.75) is 43.0 Å². The summed E-state index contributed by atoms with van der Waals surface area (Å²) in [5.41, 5.74) is 0.298. The van der Waals surface area contributed by atoms with Gasteiger partial charge in [-0.1, -0.05) is 18.9 Å². The largest absolute Gasteiger partial charge is 0.326 e. The van der Waals surface area contributed by atoms with Crippen LogP contribution in [0.4, 0.5) is 10.5 Å². The number of anilines is 1. The first kappa shape index (κ1) is 23.6. The fourth-order valence-electron chi connectivity index (χ4n) is 3.67. The highest BCUT2D eigenvalue weighted by Gasteiger charge is 2.38. The van der Waals surface area contributed by atoms with Crippen LogP contribution in [0.15, 0.2) is 29.2 Å². The number of hydrogen-bond donors (Lipinski definition) is 2. The Labute approximate surface area is 187 Å². The molecule has 2 fully saturated rings. The van der Waals surface area contributed by atoms with E-state index < -0.39 is 40.5 Å². The van der Waals surface area contributed by atoms with E-state index in [1.165, 1.54) is 16.4 Å². The third-order valence-electron chi connectivity index (χ3n) is 5.34. The number of imide groups is 1. The van der Waals surface area contributed by atoms with Gasteiger partial charge in [-0.25, -0.2) is 13.2 Å². The Morgan fingerprint density at radius 3 is 2.58 bits per heavy atom. The lowest BCUT2D eigenvalue weighted by Crippen LogP contribution is -2.38. The summed E-state index contributed by atoms with van der Waals surface area (Å²) in [6.45, 7) is 0.551. The lowest BCUT2D eigenvalue weighted by atomic mass is 10.2. The van der Waals surface area contributed by atoms with Crippen molar-refractivity contribution in [2.24, 2.45) is 0 Å². The van der Waals surface area contributed by atoms with Crippen molar-refractivity contribution in [3.8, 4) is 0 Å². The number of carbonyl (C=O) groups excluding carboxylic acids is 3. The van der Waals surface area contributed by atoms with E-state index in [0.29, 0.717) is 25.2 Å². The Kier molecular flexibility index (Phi) is 7.95. The van der Waals surface area contributed by atoms with Crippen LogP contribution in [0.5, 0.6) is 0 Å². The first-order valence-corrected chi connectivity index (χ1v) is 13.2. The molecule has 1 aromatic rings. The number of urea groups is 1. The molecule has 0 unspecified atom stereocenters. The fraction of sp³-hybridized carbons (Fsp3) is 0.550. The molecule has 2 N–H and O–H groups in total. The Balaban J connectivity index is 1.65. The van der Waals surface area contributed by atoms with Crippen LogP contribution in [0.2, 0.25) is 0 Å². The first-order chi connectivity index (χ1) is 14.8. The highest BCUT2D eigenvalue weighted by Crippen LogP contribution is 2.23. The number of rotatable bonds is 8. The van der Waals surface area contributed by atoms with Gasteiger partial charge in [0, 0.05) is 18.8 Å². The third-order valence-corrected chi connectivity index (χ3v) is 7.88. The maximum absolute atomic E-state index is 13.0. The second-order valence-electron chi connectivity index (χ2n) is 7.60. The minimum atomic E-state index is -3.65. The third kappa shape index (κ3) is 5.78. The van der Waals surface area contributed by atoms with Crippen LogP contribution in [0.25, 0.3) is 0 Å². The van der Waals surface area contributed by atoms with Gasteiger partial charge >= 0.3 is 6.03 Å². The summed E-state index contributed by atoms with van der Waals surface area (Å²) in [5.74, 6) is -0.278. The van der Waals surface area contributed by atoms with Crippen molar-refractivity contribution in [2.75, 3.05) is 37.0 Å². The molecule has 2 aliphatic heterocycles. The minimum Gasteiger partial charge on any atom is -0.326 e. The van der Waals surface area contributed by atoms with E-state index >= 15 is 0 Å². The van der Waals surface area contributed by atoms with Crippen LogP contribution < -0.4 is 10.6 Å². The number of hydrogen-bond acceptors (Lipinski definition) is 6. The van der Waals surface area contributed by atoms with Crippen molar-refractivity contribution >= 4 is 45.3 Å². The minimum absolute atomic E-state index is 0.110. The van der Waals surface area contributed by atoms with Gasteiger partial charge in [-0.3, -0.25) is 14.5 Å². The van der Waals surface area contributed by atoms with Gasteiger partial charge in [0.05, 0.1) is 4.90 Å². The summed E-state index contributed by atoms with van der Waals surface area (Å²) in [5, 5.41) is 5.18. The normalized spacial score (nSPS) is 20.4. The zero-order chi connectivity index (χ0) is 22.4. The van der Waals surface area contributed by atoms with Crippen molar-refractivity contribution < 1.29 is 22.8 Å². The van der Waals surface area contributed by atoms with Crippen LogP contribution >= 0.6 is 11.8 Å². The predicted octanol–water partition coefficient (Wildman–Crippen LogP) is 1.86. The number of thioether (sulfide) groups is 1. The average molecular weight is 469 g/mol. The number of nitrogens with one attached hydrogen (secondary N) is 2. The molecule has 0 aromatic heterocycles. The fourth-order valence-corrected chi connectivity index (χ4v) is 5.70. The van der Waals surface area contributed by atoms with E-state index in [-0.39, 0.29) is 4.90 Å². The van der Waals surface area contributed by atoms with Gasteiger partial charge in [0.1, 0.15) is 12.6 Å². The van der Waals surface area contributed by atoms with Crippen molar-refractivity contribution in [1.82, 2.24) is 14.5 Å². The van der Waals surface area contributed by atoms with Crippen LogP contribution in [-0.2, 0) is 19.6 Å². The smallest absolute Gasteiger partial charge is 0.325 e. The summed E-state index contributed by atoms with van der Waals surface area (Å²) >= 11 is 1.57. The van der Waals surface area contributed by atoms with Crippen LogP contribution in [0, 0.1) is 0 Å². The molecular weight excluding hydrogens is 440 g/mol. The molecule has 3 rings (SSSR count). The summed E-state index contributed by atoms with van der Waals surface area (Å²) in [4.78, 5) is 37.9. The molecule has 2 aliphatic rings. The lowest BCUT2D eigenvalue weighted by Gasteiger charge is -2.20. The van der Waals surface area contributed by atoms with Crippen molar-refractivity contribution in [1.29, 1.82) is 0 Å². The van der Waals surface area contributed by atoms with E-state index in [2.05, 4.69) is 10.6 Å². The van der Waals surface area contributed by atoms with Gasteiger partial charge in [-0.15, -0.1) is 0 Å². The quantitative estimate of drug-likeness (QED) is 0.563. The van der Waals surface area contributed by atoms with Gasteiger partial charge in [0.15, 0.2) is 0 Å². The maximum atomic E-state index is 13.0. The van der Waals surface area contributed by atoms with Crippen molar-refractivity contribution in [3.63, 3.8) is 0 Å². The topological polar surface area (TPSA) is 116 Å². The van der Waals surface area contributed by atoms with Gasteiger partial charge in [0.2, 0.25) is 15.9 Å². The number of benzene rings is 1. The molecule has 0 spiro atoms. The Hall–Kier alpha value is -2.11. The zero-order valence-electron chi connectivity index (χ0n) is 17.5. The van der Waals surface area contributed by atoms with Gasteiger partial charge < -0.3 is 10.6 Å². The molecule has 9 nitrogen and oxygen atoms in total. The second-order valence-corrected chi connectivity index (χ2v) is 10.5. The molecular formula is C20H28N4O5S2. The molecule has 1 aromatic carbocycles. The summed E-state index contributed by atoms with van der Waals surface area (Å²) < 4.78 is 27.4. The molecule has 170 valence electrons. The molecule has 2 saturated heterocycles. The van der Waals surface area contributed by atoms with Gasteiger partial charge in [-0.05, 0) is 49.5 Å². The van der Waals surface area contributed by atoms with E-state index in [9.17, 15) is 22.8 Å². The van der Waals surface area contributed by atoms with Crippen LogP contribution in [-0.4, -0.2) is 73.2 Å².